The van der Waals surface area contributed by atoms with E-state index in [2.05, 4.69) is 41.9 Å². The van der Waals surface area contributed by atoms with E-state index >= 15 is 0 Å². The topological polar surface area (TPSA) is 80.3 Å². The largest absolute Gasteiger partial charge is 0.476 e. The molecule has 1 heterocycles. The lowest BCUT2D eigenvalue weighted by atomic mass is 10.1. The molecule has 0 unspecified atom stereocenters. The van der Waals surface area contributed by atoms with Crippen molar-refractivity contribution in [1.82, 2.24) is 9.66 Å². The minimum atomic E-state index is -0.244. The molecular weight excluding hydrogens is 536 g/mol. The summed E-state index contributed by atoms with van der Waals surface area (Å²) in [7, 11) is 0. The first-order chi connectivity index (χ1) is 14.3. The lowest BCUT2D eigenvalue weighted by molar-refractivity contribution is 0.366. The van der Waals surface area contributed by atoms with Gasteiger partial charge >= 0.3 is 0 Å². The minimum Gasteiger partial charge on any atom is -0.476 e. The number of hydrogen-bond donors (Lipinski definition) is 0. The van der Waals surface area contributed by atoms with Crippen LogP contribution in [0.2, 0.25) is 5.02 Å². The molecule has 3 aromatic rings. The van der Waals surface area contributed by atoms with Gasteiger partial charge < -0.3 is 4.74 Å². The van der Waals surface area contributed by atoms with Crippen LogP contribution in [0.1, 0.15) is 37.6 Å². The third kappa shape index (κ3) is 4.75. The molecule has 9 heteroatoms. The Hall–Kier alpha value is -2.21. The smallest absolute Gasteiger partial charge is 0.282 e. The van der Waals surface area contributed by atoms with E-state index in [1.165, 1.54) is 4.68 Å². The predicted octanol–water partition coefficient (Wildman–Crippen LogP) is 5.87. The van der Waals surface area contributed by atoms with Crippen LogP contribution in [0.4, 0.5) is 0 Å². The number of halogens is 3. The number of hydrogen-bond acceptors (Lipinski definition) is 5. The van der Waals surface area contributed by atoms with Gasteiger partial charge in [-0.25, -0.2) is 4.98 Å². The maximum Gasteiger partial charge on any atom is 0.282 e. The summed E-state index contributed by atoms with van der Waals surface area (Å²) >= 11 is 13.1. The Morgan fingerprint density at radius 3 is 2.80 bits per heavy atom. The molecular formula is C21H17Br2ClN4O2. The van der Waals surface area contributed by atoms with E-state index in [1.807, 2.05) is 32.0 Å². The second-order valence-electron chi connectivity index (χ2n) is 6.56. The summed E-state index contributed by atoms with van der Waals surface area (Å²) in [6, 6.07) is 10.7. The van der Waals surface area contributed by atoms with E-state index in [0.29, 0.717) is 37.5 Å². The van der Waals surface area contributed by atoms with E-state index in [1.54, 1.807) is 24.4 Å². The molecule has 30 heavy (non-hydrogen) atoms. The maximum absolute atomic E-state index is 13.2. The number of nitrogens with zero attached hydrogens (tertiary/aromatic N) is 4. The quantitative estimate of drug-likeness (QED) is 0.358. The van der Waals surface area contributed by atoms with Crippen molar-refractivity contribution in [2.45, 2.75) is 26.2 Å². The van der Waals surface area contributed by atoms with E-state index in [9.17, 15) is 4.79 Å². The molecule has 3 rings (SSSR count). The number of rotatable bonds is 6. The molecule has 154 valence electrons. The van der Waals surface area contributed by atoms with Crippen LogP contribution in [0.5, 0.6) is 5.75 Å². The fourth-order valence-corrected chi connectivity index (χ4v) is 4.15. The molecule has 1 aromatic heterocycles. The Morgan fingerprint density at radius 2 is 2.13 bits per heavy atom. The van der Waals surface area contributed by atoms with Crippen molar-refractivity contribution in [3.05, 3.63) is 66.0 Å². The predicted molar refractivity (Wildman–Crippen MR) is 126 cm³/mol. The average Bonchev–Trinajstić information content (AvgIpc) is 2.72. The number of ether oxygens (including phenoxy) is 1. The van der Waals surface area contributed by atoms with Gasteiger partial charge in [-0.15, -0.1) is 0 Å². The van der Waals surface area contributed by atoms with Gasteiger partial charge in [-0.3, -0.25) is 4.79 Å². The fourth-order valence-electron chi connectivity index (χ4n) is 2.80. The van der Waals surface area contributed by atoms with Crippen LogP contribution in [0.3, 0.4) is 0 Å². The molecule has 0 aliphatic heterocycles. The highest BCUT2D eigenvalue weighted by atomic mass is 79.9. The Bertz CT molecular complexity index is 1210. The third-order valence-corrected chi connectivity index (χ3v) is 5.87. The molecule has 0 bridgehead atoms. The van der Waals surface area contributed by atoms with Crippen LogP contribution in [-0.2, 0) is 0 Å². The second-order valence-corrected chi connectivity index (χ2v) is 8.74. The van der Waals surface area contributed by atoms with E-state index < -0.39 is 0 Å². The van der Waals surface area contributed by atoms with Crippen LogP contribution in [0.15, 0.2) is 49.2 Å². The standard InChI is InChI=1S/C21H17Br2ClN4O2/c1-3-12(2)20-27-18-5-4-14(22)10-15(18)21(29)28(20)26-11-13-8-16(23)19(17(24)9-13)30-7-6-25/h4-5,8-12H,3,7H2,1-2H3/t12-/m1/s1. The zero-order valence-corrected chi connectivity index (χ0v) is 20.1. The minimum absolute atomic E-state index is 0.0416. The molecule has 0 radical (unpaired) electrons. The summed E-state index contributed by atoms with van der Waals surface area (Å²) < 4.78 is 8.04. The van der Waals surface area contributed by atoms with Crippen LogP contribution in [0, 0.1) is 11.3 Å². The summed E-state index contributed by atoms with van der Waals surface area (Å²) in [6.07, 6.45) is 2.36. The molecule has 0 saturated heterocycles. The molecule has 2 aromatic carbocycles. The van der Waals surface area contributed by atoms with E-state index in [4.69, 9.17) is 21.6 Å². The van der Waals surface area contributed by atoms with Gasteiger partial charge in [-0.05, 0) is 58.2 Å². The molecule has 0 aliphatic rings. The van der Waals surface area contributed by atoms with Crippen LogP contribution in [0.25, 0.3) is 10.9 Å². The summed E-state index contributed by atoms with van der Waals surface area (Å²) in [5.74, 6) is 1.01. The van der Waals surface area contributed by atoms with Gasteiger partial charge in [-0.1, -0.05) is 41.4 Å². The van der Waals surface area contributed by atoms with Gasteiger partial charge in [0.15, 0.2) is 12.4 Å². The van der Waals surface area contributed by atoms with E-state index in [-0.39, 0.29) is 18.1 Å². The first kappa shape index (κ1) is 22.5. The van der Waals surface area contributed by atoms with Crippen molar-refractivity contribution in [2.75, 3.05) is 6.61 Å². The number of aromatic nitrogens is 2. The molecule has 0 spiro atoms. The lowest BCUT2D eigenvalue weighted by Crippen LogP contribution is -2.23. The summed E-state index contributed by atoms with van der Waals surface area (Å²) in [5.41, 5.74) is 1.05. The number of fused-ring (bicyclic) bond motifs is 1. The summed E-state index contributed by atoms with van der Waals surface area (Å²) in [5, 5.41) is 13.9. The van der Waals surface area contributed by atoms with Gasteiger partial charge in [0.05, 0.1) is 26.6 Å². The first-order valence-corrected chi connectivity index (χ1v) is 11.1. The van der Waals surface area contributed by atoms with Gasteiger partial charge in [0.1, 0.15) is 11.9 Å². The Labute approximate surface area is 195 Å². The van der Waals surface area contributed by atoms with Crippen molar-refractivity contribution in [3.8, 4) is 11.8 Å². The van der Waals surface area contributed by atoms with Crippen LogP contribution >= 0.6 is 43.5 Å². The highest BCUT2D eigenvalue weighted by molar-refractivity contribution is 9.10. The lowest BCUT2D eigenvalue weighted by Gasteiger charge is -2.14. The highest BCUT2D eigenvalue weighted by Gasteiger charge is 2.16. The SMILES string of the molecule is CC[C@@H](C)c1nc2ccc(Br)cc2c(=O)n1N=Cc1cc(Cl)c(OCC#N)c(Br)c1. The van der Waals surface area contributed by atoms with Crippen molar-refractivity contribution in [2.24, 2.45) is 5.10 Å². The van der Waals surface area contributed by atoms with Crippen molar-refractivity contribution >= 4 is 60.6 Å². The van der Waals surface area contributed by atoms with Gasteiger partial charge in [0.2, 0.25) is 0 Å². The number of nitriles is 1. The third-order valence-electron chi connectivity index (χ3n) is 4.51. The molecule has 0 amide bonds. The number of benzene rings is 2. The molecule has 0 saturated carbocycles. The van der Waals surface area contributed by atoms with Gasteiger partial charge in [-0.2, -0.15) is 15.0 Å². The average molecular weight is 553 g/mol. The van der Waals surface area contributed by atoms with Crippen molar-refractivity contribution < 1.29 is 4.74 Å². The Morgan fingerprint density at radius 1 is 1.37 bits per heavy atom. The summed E-state index contributed by atoms with van der Waals surface area (Å²) in [4.78, 5) is 17.8. The molecule has 6 nitrogen and oxygen atoms in total. The molecule has 0 aliphatic carbocycles. The first-order valence-electron chi connectivity index (χ1n) is 9.11. The molecule has 0 fully saturated rings. The summed E-state index contributed by atoms with van der Waals surface area (Å²) in [6.45, 7) is 3.93. The maximum atomic E-state index is 13.2. The zero-order valence-electron chi connectivity index (χ0n) is 16.2. The monoisotopic (exact) mass is 550 g/mol. The van der Waals surface area contributed by atoms with Crippen molar-refractivity contribution in [3.63, 3.8) is 0 Å². The van der Waals surface area contributed by atoms with Crippen LogP contribution in [-0.4, -0.2) is 22.5 Å². The molecule has 1 atom stereocenters. The fraction of sp³-hybridized carbons (Fsp3) is 0.238. The highest BCUT2D eigenvalue weighted by Crippen LogP contribution is 2.34. The normalized spacial score (nSPS) is 12.3. The second kappa shape index (κ2) is 9.73. The van der Waals surface area contributed by atoms with Gasteiger partial charge in [0, 0.05) is 10.4 Å². The Balaban J connectivity index is 2.10. The van der Waals surface area contributed by atoms with Crippen molar-refractivity contribution in [1.29, 1.82) is 5.26 Å². The van der Waals surface area contributed by atoms with Crippen LogP contribution < -0.4 is 10.3 Å². The van der Waals surface area contributed by atoms with E-state index in [0.717, 1.165) is 10.9 Å². The zero-order chi connectivity index (χ0) is 21.8. The Kier molecular flexibility index (Phi) is 7.29. The van der Waals surface area contributed by atoms with Gasteiger partial charge in [0.25, 0.3) is 5.56 Å². The molecule has 0 N–H and O–H groups in total.